The first-order chi connectivity index (χ1) is 8.61. The van der Waals surface area contributed by atoms with Crippen LogP contribution in [0.2, 0.25) is 0 Å². The summed E-state index contributed by atoms with van der Waals surface area (Å²) in [6.45, 7) is 3.14. The van der Waals surface area contributed by atoms with Crippen molar-refractivity contribution in [1.82, 2.24) is 20.0 Å². The van der Waals surface area contributed by atoms with Gasteiger partial charge in [0.2, 0.25) is 0 Å². The molecule has 4 nitrogen and oxygen atoms in total. The third kappa shape index (κ3) is 2.31. The van der Waals surface area contributed by atoms with Gasteiger partial charge in [0.15, 0.2) is 0 Å². The molecule has 2 unspecified atom stereocenters. The first kappa shape index (κ1) is 12.2. The highest BCUT2D eigenvalue weighted by Gasteiger charge is 2.35. The third-order valence-electron chi connectivity index (χ3n) is 4.61. The monoisotopic (exact) mass is 248 g/mol. The van der Waals surface area contributed by atoms with Crippen molar-refractivity contribution in [3.8, 4) is 0 Å². The van der Waals surface area contributed by atoms with Crippen molar-refractivity contribution in [3.63, 3.8) is 0 Å². The second-order valence-electron chi connectivity index (χ2n) is 6.09. The Labute approximate surface area is 109 Å². The summed E-state index contributed by atoms with van der Waals surface area (Å²) < 4.78 is 1.92. The van der Waals surface area contributed by atoms with E-state index in [4.69, 9.17) is 0 Å². The van der Waals surface area contributed by atoms with E-state index in [1.807, 2.05) is 11.7 Å². The molecule has 2 saturated heterocycles. The molecule has 2 aliphatic heterocycles. The molecule has 2 atom stereocenters. The molecule has 2 fully saturated rings. The predicted octanol–water partition coefficient (Wildman–Crippen LogP) is 1.44. The largest absolute Gasteiger partial charge is 0.311 e. The average Bonchev–Trinajstić information content (AvgIpc) is 2.82. The zero-order valence-electron chi connectivity index (χ0n) is 11.7. The van der Waals surface area contributed by atoms with Crippen molar-refractivity contribution in [2.24, 2.45) is 7.05 Å². The molecule has 0 amide bonds. The first-order valence-corrected chi connectivity index (χ1v) is 7.07. The van der Waals surface area contributed by atoms with Crippen LogP contribution in [0.25, 0.3) is 0 Å². The fourth-order valence-electron chi connectivity index (χ4n) is 3.59. The van der Waals surface area contributed by atoms with E-state index in [1.54, 1.807) is 0 Å². The summed E-state index contributed by atoms with van der Waals surface area (Å²) in [7, 11) is 4.27. The van der Waals surface area contributed by atoms with Gasteiger partial charge in [0, 0.05) is 43.5 Å². The number of rotatable bonds is 3. The smallest absolute Gasteiger partial charge is 0.0638 e. The molecule has 3 rings (SSSR count). The van der Waals surface area contributed by atoms with Gasteiger partial charge in [-0.25, -0.2) is 0 Å². The second kappa shape index (κ2) is 4.67. The first-order valence-electron chi connectivity index (χ1n) is 7.07. The van der Waals surface area contributed by atoms with Crippen LogP contribution in [0.15, 0.2) is 6.20 Å². The van der Waals surface area contributed by atoms with Crippen LogP contribution in [-0.2, 0) is 13.6 Å². The van der Waals surface area contributed by atoms with Crippen LogP contribution >= 0.6 is 0 Å². The standard InChI is InChI=1S/C14H24N4/c1-10-11(9-18(3)16-10)8-17(2)14-6-12-4-5-13(7-14)15-12/h9,12-15H,4-8H2,1-3H3. The lowest BCUT2D eigenvalue weighted by Crippen LogP contribution is -2.46. The average molecular weight is 248 g/mol. The van der Waals surface area contributed by atoms with Crippen molar-refractivity contribution >= 4 is 0 Å². The Morgan fingerprint density at radius 1 is 1.39 bits per heavy atom. The molecule has 4 heteroatoms. The van der Waals surface area contributed by atoms with E-state index in [0.29, 0.717) is 0 Å². The summed E-state index contributed by atoms with van der Waals surface area (Å²) in [6, 6.07) is 2.28. The third-order valence-corrected chi connectivity index (χ3v) is 4.61. The van der Waals surface area contributed by atoms with E-state index >= 15 is 0 Å². The summed E-state index contributed by atoms with van der Waals surface area (Å²) in [5, 5.41) is 8.14. The second-order valence-corrected chi connectivity index (χ2v) is 6.09. The Bertz CT molecular complexity index is 413. The molecule has 100 valence electrons. The highest BCUT2D eigenvalue weighted by molar-refractivity contribution is 5.15. The number of aryl methyl sites for hydroxylation is 2. The van der Waals surface area contributed by atoms with E-state index in [2.05, 4.69) is 35.5 Å². The van der Waals surface area contributed by atoms with Gasteiger partial charge < -0.3 is 5.32 Å². The summed E-state index contributed by atoms with van der Waals surface area (Å²) in [6.07, 6.45) is 7.53. The van der Waals surface area contributed by atoms with Gasteiger partial charge in [-0.1, -0.05) is 0 Å². The molecule has 2 bridgehead atoms. The minimum atomic E-state index is 0.739. The van der Waals surface area contributed by atoms with E-state index in [0.717, 1.165) is 24.7 Å². The van der Waals surface area contributed by atoms with Crippen LogP contribution in [0, 0.1) is 6.92 Å². The lowest BCUT2D eigenvalue weighted by atomic mass is 9.98. The normalized spacial score (nSPS) is 31.2. The molecule has 0 aromatic carbocycles. The van der Waals surface area contributed by atoms with Gasteiger partial charge in [-0.2, -0.15) is 5.10 Å². The number of nitrogens with zero attached hydrogens (tertiary/aromatic N) is 3. The lowest BCUT2D eigenvalue weighted by molar-refractivity contribution is 0.165. The Balaban J connectivity index is 1.64. The Hall–Kier alpha value is -0.870. The van der Waals surface area contributed by atoms with Gasteiger partial charge in [0.05, 0.1) is 5.69 Å². The zero-order chi connectivity index (χ0) is 12.7. The molecule has 0 radical (unpaired) electrons. The molecular formula is C14H24N4. The molecule has 2 aliphatic rings. The Morgan fingerprint density at radius 2 is 2.06 bits per heavy atom. The number of hydrogen-bond acceptors (Lipinski definition) is 3. The van der Waals surface area contributed by atoms with Crippen LogP contribution in [0.3, 0.4) is 0 Å². The summed E-state index contributed by atoms with van der Waals surface area (Å²) >= 11 is 0. The van der Waals surface area contributed by atoms with E-state index < -0.39 is 0 Å². The molecular weight excluding hydrogens is 224 g/mol. The number of hydrogen-bond donors (Lipinski definition) is 1. The number of piperidine rings is 1. The summed E-state index contributed by atoms with van der Waals surface area (Å²) in [5.74, 6) is 0. The highest BCUT2D eigenvalue weighted by Crippen LogP contribution is 2.29. The lowest BCUT2D eigenvalue weighted by Gasteiger charge is -2.35. The van der Waals surface area contributed by atoms with Crippen LogP contribution in [-0.4, -0.2) is 39.9 Å². The van der Waals surface area contributed by atoms with E-state index in [1.165, 1.54) is 36.9 Å². The van der Waals surface area contributed by atoms with Crippen LogP contribution < -0.4 is 5.32 Å². The topological polar surface area (TPSA) is 33.1 Å². The maximum Gasteiger partial charge on any atom is 0.0638 e. The van der Waals surface area contributed by atoms with Gasteiger partial charge in [0.1, 0.15) is 0 Å². The maximum atomic E-state index is 4.43. The molecule has 18 heavy (non-hydrogen) atoms. The van der Waals surface area contributed by atoms with Crippen LogP contribution in [0.1, 0.15) is 36.9 Å². The minimum Gasteiger partial charge on any atom is -0.311 e. The fraction of sp³-hybridized carbons (Fsp3) is 0.786. The molecule has 0 aliphatic carbocycles. The SMILES string of the molecule is Cc1nn(C)cc1CN(C)C1CC2CCC(C1)N2. The maximum absolute atomic E-state index is 4.43. The van der Waals surface area contributed by atoms with Crippen molar-refractivity contribution < 1.29 is 0 Å². The molecule has 1 aromatic rings. The van der Waals surface area contributed by atoms with Gasteiger partial charge in [-0.3, -0.25) is 9.58 Å². The Kier molecular flexibility index (Phi) is 3.16. The summed E-state index contributed by atoms with van der Waals surface area (Å²) in [5.41, 5.74) is 2.53. The molecule has 0 saturated carbocycles. The minimum absolute atomic E-state index is 0.739. The number of fused-ring (bicyclic) bond motifs is 2. The van der Waals surface area contributed by atoms with Gasteiger partial charge in [-0.15, -0.1) is 0 Å². The van der Waals surface area contributed by atoms with Crippen molar-refractivity contribution in [2.75, 3.05) is 7.05 Å². The fourth-order valence-corrected chi connectivity index (χ4v) is 3.59. The van der Waals surface area contributed by atoms with Gasteiger partial charge >= 0.3 is 0 Å². The van der Waals surface area contributed by atoms with Gasteiger partial charge in [0.25, 0.3) is 0 Å². The van der Waals surface area contributed by atoms with Crippen LogP contribution in [0.5, 0.6) is 0 Å². The van der Waals surface area contributed by atoms with Crippen molar-refractivity contribution in [2.45, 2.75) is 57.3 Å². The van der Waals surface area contributed by atoms with Crippen molar-refractivity contribution in [1.29, 1.82) is 0 Å². The Morgan fingerprint density at radius 3 is 2.61 bits per heavy atom. The number of aromatic nitrogens is 2. The van der Waals surface area contributed by atoms with E-state index in [-0.39, 0.29) is 0 Å². The molecule has 1 N–H and O–H groups in total. The van der Waals surface area contributed by atoms with E-state index in [9.17, 15) is 0 Å². The number of nitrogens with one attached hydrogen (secondary N) is 1. The summed E-state index contributed by atoms with van der Waals surface area (Å²) in [4.78, 5) is 2.52. The molecule has 0 spiro atoms. The van der Waals surface area contributed by atoms with Gasteiger partial charge in [-0.05, 0) is 39.7 Å². The quantitative estimate of drug-likeness (QED) is 0.879. The zero-order valence-corrected chi connectivity index (χ0v) is 11.7. The van der Waals surface area contributed by atoms with Crippen molar-refractivity contribution in [3.05, 3.63) is 17.5 Å². The highest BCUT2D eigenvalue weighted by atomic mass is 15.3. The molecule has 1 aromatic heterocycles. The van der Waals surface area contributed by atoms with Crippen LogP contribution in [0.4, 0.5) is 0 Å². The predicted molar refractivity (Wildman–Crippen MR) is 72.4 cm³/mol. The molecule has 3 heterocycles.